The van der Waals surface area contributed by atoms with Crippen molar-refractivity contribution in [3.8, 4) is 0 Å². The Bertz CT molecular complexity index is 742. The molecular weight excluding hydrogens is 475 g/mol. The molecule has 0 aromatic heterocycles. The molecule has 9 N–H and O–H groups in total. The first-order chi connectivity index (χ1) is 15.3. The van der Waals surface area contributed by atoms with Crippen LogP contribution < -0.4 is 10.6 Å². The van der Waals surface area contributed by atoms with Crippen LogP contribution in [0.4, 0.5) is 0 Å². The first-order valence-corrected chi connectivity index (χ1v) is 11.3. The lowest BCUT2D eigenvalue weighted by Gasteiger charge is -2.42. The van der Waals surface area contributed by atoms with Gasteiger partial charge in [-0.2, -0.15) is 0 Å². The number of amides is 2. The summed E-state index contributed by atoms with van der Waals surface area (Å²) in [5.41, 5.74) is 0. The lowest BCUT2D eigenvalue weighted by atomic mass is 9.97. The van der Waals surface area contributed by atoms with Gasteiger partial charge in [0.1, 0.15) is 48.7 Å². The zero-order valence-electron chi connectivity index (χ0n) is 17.6. The molecule has 16 nitrogen and oxygen atoms in total. The molecule has 192 valence electrons. The van der Waals surface area contributed by atoms with Gasteiger partial charge < -0.3 is 55.6 Å². The van der Waals surface area contributed by atoms with Gasteiger partial charge in [0.2, 0.25) is 11.8 Å². The fourth-order valence-corrected chi connectivity index (χ4v) is 4.20. The molecule has 0 aliphatic carbocycles. The minimum Gasteiger partial charge on any atom is -0.394 e. The monoisotopic (exact) mass is 504 g/mol. The summed E-state index contributed by atoms with van der Waals surface area (Å²) in [5.74, 6) is -1.32. The van der Waals surface area contributed by atoms with E-state index in [1.807, 2.05) is 0 Å². The van der Waals surface area contributed by atoms with Crippen molar-refractivity contribution in [2.24, 2.45) is 0 Å². The molecule has 17 heteroatoms. The largest absolute Gasteiger partial charge is 0.474 e. The number of hydrogen-bond acceptors (Lipinski definition) is 13. The molecular formula is C16H29N2O14P. The first kappa shape index (κ1) is 28.0. The van der Waals surface area contributed by atoms with Crippen molar-refractivity contribution in [1.82, 2.24) is 10.6 Å². The molecule has 0 bridgehead atoms. The predicted molar refractivity (Wildman–Crippen MR) is 103 cm³/mol. The number of phosphoric acid groups is 1. The number of rotatable bonds is 8. The quantitative estimate of drug-likeness (QED) is 0.140. The number of aliphatic hydroxyl groups is 6. The van der Waals surface area contributed by atoms with Gasteiger partial charge in [0.15, 0.2) is 12.6 Å². The summed E-state index contributed by atoms with van der Waals surface area (Å²) in [6, 6.07) is -2.90. The molecule has 33 heavy (non-hydrogen) atoms. The Balaban J connectivity index is 2.05. The van der Waals surface area contributed by atoms with E-state index in [1.54, 1.807) is 0 Å². The molecule has 0 radical (unpaired) electrons. The minimum absolute atomic E-state index is 0.619. The first-order valence-electron chi connectivity index (χ1n) is 9.79. The average molecular weight is 504 g/mol. The molecule has 2 amide bonds. The topological polar surface area (TPSA) is 254 Å². The number of hydrogen-bond donors (Lipinski definition) is 9. The maximum atomic E-state index is 12.4. The van der Waals surface area contributed by atoms with Crippen molar-refractivity contribution in [3.05, 3.63) is 0 Å². The van der Waals surface area contributed by atoms with Gasteiger partial charge in [0, 0.05) is 13.8 Å². The molecule has 2 heterocycles. The van der Waals surface area contributed by atoms with E-state index in [0.29, 0.717) is 0 Å². The molecule has 0 saturated carbocycles. The van der Waals surface area contributed by atoms with E-state index in [9.17, 15) is 49.7 Å². The van der Waals surface area contributed by atoms with Gasteiger partial charge >= 0.3 is 7.82 Å². The highest BCUT2D eigenvalue weighted by molar-refractivity contribution is 7.47. The summed E-state index contributed by atoms with van der Waals surface area (Å²) in [5, 5.41) is 63.9. The molecule has 0 spiro atoms. The van der Waals surface area contributed by atoms with Crippen LogP contribution in [-0.4, -0.2) is 122 Å². The number of carbonyl (C=O) groups is 2. The molecule has 11 atom stereocenters. The number of phosphoric ester groups is 1. The molecule has 2 fully saturated rings. The average Bonchev–Trinajstić information content (AvgIpc) is 2.71. The third kappa shape index (κ3) is 7.11. The van der Waals surface area contributed by atoms with Gasteiger partial charge in [-0.05, 0) is 0 Å². The van der Waals surface area contributed by atoms with Crippen LogP contribution in [0.3, 0.4) is 0 Å². The second-order valence-corrected chi connectivity index (χ2v) is 8.98. The van der Waals surface area contributed by atoms with Gasteiger partial charge in [-0.15, -0.1) is 0 Å². The molecule has 1 unspecified atom stereocenters. The molecule has 2 rings (SSSR count). The lowest BCUT2D eigenvalue weighted by Crippen LogP contribution is -2.64. The fraction of sp³-hybridized carbons (Fsp3) is 0.875. The van der Waals surface area contributed by atoms with E-state index in [0.717, 1.165) is 13.8 Å². The molecule has 0 aromatic carbocycles. The third-order valence-electron chi connectivity index (χ3n) is 4.98. The second-order valence-electron chi connectivity index (χ2n) is 7.58. The normalized spacial score (nSPS) is 41.1. The Morgan fingerprint density at radius 1 is 0.879 bits per heavy atom. The molecule has 2 aliphatic heterocycles. The fourth-order valence-electron chi connectivity index (χ4n) is 3.36. The Labute approximate surface area is 187 Å². The van der Waals surface area contributed by atoms with E-state index in [2.05, 4.69) is 10.6 Å². The maximum Gasteiger partial charge on any atom is 0.474 e. The zero-order valence-corrected chi connectivity index (χ0v) is 18.5. The van der Waals surface area contributed by atoms with Crippen molar-refractivity contribution < 1.29 is 68.2 Å². The molecule has 2 saturated heterocycles. The van der Waals surface area contributed by atoms with Gasteiger partial charge in [-0.25, -0.2) is 4.57 Å². The number of ether oxygens (including phenoxy) is 2. The Morgan fingerprint density at radius 3 is 1.94 bits per heavy atom. The Morgan fingerprint density at radius 2 is 1.39 bits per heavy atom. The van der Waals surface area contributed by atoms with Crippen LogP contribution in [0.2, 0.25) is 0 Å². The summed E-state index contributed by atoms with van der Waals surface area (Å²) in [6.07, 6.45) is -13.4. The van der Waals surface area contributed by atoms with Crippen molar-refractivity contribution in [3.63, 3.8) is 0 Å². The zero-order chi connectivity index (χ0) is 25.1. The maximum absolute atomic E-state index is 12.4. The van der Waals surface area contributed by atoms with Crippen LogP contribution in [0.15, 0.2) is 0 Å². The van der Waals surface area contributed by atoms with Crippen LogP contribution in [0.5, 0.6) is 0 Å². The lowest BCUT2D eigenvalue weighted by molar-refractivity contribution is -0.257. The van der Waals surface area contributed by atoms with Gasteiger partial charge in [-0.1, -0.05) is 0 Å². The SMILES string of the molecule is CC(=O)N[C@@H]1[C@@H](OP(=O)(O)OC[C@H]2O[C@H](O)[C@@H](NC(C)=O)[C@@H](O)[C@@H]2O)O[C@H](CO)[C@@H](O)[C@@H]1O. The highest BCUT2D eigenvalue weighted by atomic mass is 31.2. The van der Waals surface area contributed by atoms with Gasteiger partial charge in [0.05, 0.1) is 13.2 Å². The van der Waals surface area contributed by atoms with Crippen molar-refractivity contribution >= 4 is 19.6 Å². The highest BCUT2D eigenvalue weighted by Crippen LogP contribution is 2.47. The molecule has 0 aromatic rings. The predicted octanol–water partition coefficient (Wildman–Crippen LogP) is -4.99. The van der Waals surface area contributed by atoms with E-state index < -0.39 is 94.1 Å². The van der Waals surface area contributed by atoms with Crippen molar-refractivity contribution in [1.29, 1.82) is 0 Å². The summed E-state index contributed by atoms with van der Waals surface area (Å²) >= 11 is 0. The van der Waals surface area contributed by atoms with E-state index >= 15 is 0 Å². The van der Waals surface area contributed by atoms with Crippen LogP contribution >= 0.6 is 7.82 Å². The smallest absolute Gasteiger partial charge is 0.394 e. The van der Waals surface area contributed by atoms with E-state index in [-0.39, 0.29) is 0 Å². The van der Waals surface area contributed by atoms with Crippen molar-refractivity contribution in [2.75, 3.05) is 13.2 Å². The third-order valence-corrected chi connectivity index (χ3v) is 5.93. The number of nitrogens with one attached hydrogen (secondary N) is 2. The van der Waals surface area contributed by atoms with E-state index in [1.165, 1.54) is 0 Å². The van der Waals surface area contributed by atoms with Crippen molar-refractivity contribution in [2.45, 2.75) is 75.1 Å². The van der Waals surface area contributed by atoms with E-state index in [4.69, 9.17) is 18.5 Å². The number of carbonyl (C=O) groups excluding carboxylic acids is 2. The van der Waals surface area contributed by atoms with Crippen LogP contribution in [0, 0.1) is 0 Å². The van der Waals surface area contributed by atoms with Crippen LogP contribution in [0.25, 0.3) is 0 Å². The molecule has 2 aliphatic rings. The summed E-state index contributed by atoms with van der Waals surface area (Å²) < 4.78 is 32.2. The Kier molecular flexibility index (Phi) is 9.70. The number of aliphatic hydroxyl groups excluding tert-OH is 6. The van der Waals surface area contributed by atoms with Gasteiger partial charge in [0.25, 0.3) is 0 Å². The van der Waals surface area contributed by atoms with Crippen LogP contribution in [-0.2, 0) is 32.7 Å². The van der Waals surface area contributed by atoms with Crippen LogP contribution in [0.1, 0.15) is 13.8 Å². The second kappa shape index (κ2) is 11.4. The van der Waals surface area contributed by atoms with Gasteiger partial charge in [-0.3, -0.25) is 18.6 Å². The summed E-state index contributed by atoms with van der Waals surface area (Å²) in [4.78, 5) is 32.6. The standard InChI is InChI=1S/C16H29N2O14P/c1-5(20)17-9-13(24)12(23)8(30-15(9)26)4-29-33(27,28)32-16-10(18-6(2)21)14(25)11(22)7(3-19)31-16/h7-16,19,22-26H,3-4H2,1-2H3,(H,17,20)(H,18,21)(H,27,28)/t7-,8-,9+,10+,11-,12-,13-,14-,15+,16-/m1/s1. The minimum atomic E-state index is -5.07. The highest BCUT2D eigenvalue weighted by Gasteiger charge is 2.49. The summed E-state index contributed by atoms with van der Waals surface area (Å²) in [7, 11) is -5.07. The Hall–Kier alpha value is -1.27. The summed E-state index contributed by atoms with van der Waals surface area (Å²) in [6.45, 7) is 0.492.